The summed E-state index contributed by atoms with van der Waals surface area (Å²) in [6, 6.07) is 10.6. The Morgan fingerprint density at radius 1 is 1.44 bits per heavy atom. The zero-order valence-electron chi connectivity index (χ0n) is 9.48. The standard InChI is InChI=1S/C12H18N2O2/c1-10(14-7-8-16-12(13)15)9-11-5-3-2-4-6-11/h2-6,10,14H,7-9H2,1H3,(H2,13,15). The number of benzene rings is 1. The van der Waals surface area contributed by atoms with Crippen LogP contribution in [0.15, 0.2) is 30.3 Å². The van der Waals surface area contributed by atoms with E-state index in [1.807, 2.05) is 18.2 Å². The number of ether oxygens (including phenoxy) is 1. The molecule has 0 saturated heterocycles. The molecule has 0 saturated carbocycles. The van der Waals surface area contributed by atoms with Crippen LogP contribution in [-0.4, -0.2) is 25.3 Å². The molecule has 88 valence electrons. The first-order chi connectivity index (χ1) is 7.68. The maximum Gasteiger partial charge on any atom is 0.404 e. The second kappa shape index (κ2) is 6.85. The van der Waals surface area contributed by atoms with Crippen molar-refractivity contribution in [3.8, 4) is 0 Å². The maximum atomic E-state index is 10.3. The summed E-state index contributed by atoms with van der Waals surface area (Å²) in [5.41, 5.74) is 6.13. The normalized spacial score (nSPS) is 12.1. The molecule has 0 heterocycles. The molecule has 1 aromatic carbocycles. The lowest BCUT2D eigenvalue weighted by Gasteiger charge is -2.13. The van der Waals surface area contributed by atoms with E-state index >= 15 is 0 Å². The molecule has 1 unspecified atom stereocenters. The van der Waals surface area contributed by atoms with Crippen molar-refractivity contribution in [2.24, 2.45) is 5.73 Å². The number of amides is 1. The molecule has 1 atom stereocenters. The molecule has 0 aliphatic heterocycles. The molecular formula is C12H18N2O2. The van der Waals surface area contributed by atoms with Crippen LogP contribution in [0.25, 0.3) is 0 Å². The van der Waals surface area contributed by atoms with Crippen molar-refractivity contribution in [3.63, 3.8) is 0 Å². The van der Waals surface area contributed by atoms with Crippen LogP contribution in [0.3, 0.4) is 0 Å². The molecule has 1 rings (SSSR count). The van der Waals surface area contributed by atoms with Gasteiger partial charge in [-0.1, -0.05) is 30.3 Å². The van der Waals surface area contributed by atoms with Gasteiger partial charge in [0.2, 0.25) is 0 Å². The molecular weight excluding hydrogens is 204 g/mol. The first-order valence-electron chi connectivity index (χ1n) is 5.38. The van der Waals surface area contributed by atoms with E-state index in [0.29, 0.717) is 19.2 Å². The Bertz CT molecular complexity index is 314. The molecule has 0 aromatic heterocycles. The van der Waals surface area contributed by atoms with E-state index in [1.165, 1.54) is 5.56 Å². The minimum atomic E-state index is -0.725. The fourth-order valence-corrected chi connectivity index (χ4v) is 1.50. The van der Waals surface area contributed by atoms with Crippen molar-refractivity contribution in [1.29, 1.82) is 0 Å². The zero-order chi connectivity index (χ0) is 11.8. The Morgan fingerprint density at radius 3 is 2.75 bits per heavy atom. The summed E-state index contributed by atoms with van der Waals surface area (Å²) in [4.78, 5) is 10.3. The Balaban J connectivity index is 2.16. The summed E-state index contributed by atoms with van der Waals surface area (Å²) in [6.45, 7) is 3.03. The summed E-state index contributed by atoms with van der Waals surface area (Å²) in [5, 5.41) is 3.25. The molecule has 16 heavy (non-hydrogen) atoms. The predicted molar refractivity (Wildman–Crippen MR) is 63.1 cm³/mol. The topological polar surface area (TPSA) is 64.3 Å². The highest BCUT2D eigenvalue weighted by molar-refractivity contribution is 5.64. The van der Waals surface area contributed by atoms with Crippen molar-refractivity contribution in [3.05, 3.63) is 35.9 Å². The van der Waals surface area contributed by atoms with Crippen LogP contribution in [0.1, 0.15) is 12.5 Å². The van der Waals surface area contributed by atoms with Crippen molar-refractivity contribution in [2.45, 2.75) is 19.4 Å². The summed E-state index contributed by atoms with van der Waals surface area (Å²) < 4.78 is 4.62. The molecule has 1 amide bonds. The highest BCUT2D eigenvalue weighted by Gasteiger charge is 2.02. The van der Waals surface area contributed by atoms with Gasteiger partial charge < -0.3 is 15.8 Å². The van der Waals surface area contributed by atoms with Crippen molar-refractivity contribution < 1.29 is 9.53 Å². The van der Waals surface area contributed by atoms with Gasteiger partial charge in [-0.15, -0.1) is 0 Å². The quantitative estimate of drug-likeness (QED) is 0.713. The SMILES string of the molecule is CC(Cc1ccccc1)NCCOC(N)=O. The Hall–Kier alpha value is -1.55. The van der Waals surface area contributed by atoms with E-state index in [-0.39, 0.29) is 0 Å². The number of hydrogen-bond donors (Lipinski definition) is 2. The minimum absolute atomic E-state index is 0.314. The van der Waals surface area contributed by atoms with Gasteiger partial charge in [0, 0.05) is 12.6 Å². The lowest BCUT2D eigenvalue weighted by atomic mass is 10.1. The van der Waals surface area contributed by atoms with Gasteiger partial charge in [-0.05, 0) is 18.9 Å². The van der Waals surface area contributed by atoms with E-state index < -0.39 is 6.09 Å². The van der Waals surface area contributed by atoms with Gasteiger partial charge in [-0.25, -0.2) is 4.79 Å². The van der Waals surface area contributed by atoms with Crippen molar-refractivity contribution in [2.75, 3.05) is 13.2 Å². The van der Waals surface area contributed by atoms with Crippen LogP contribution in [0, 0.1) is 0 Å². The van der Waals surface area contributed by atoms with Crippen LogP contribution < -0.4 is 11.1 Å². The number of carbonyl (C=O) groups excluding carboxylic acids is 1. The molecule has 0 aliphatic carbocycles. The van der Waals surface area contributed by atoms with Crippen LogP contribution in [-0.2, 0) is 11.2 Å². The number of rotatable bonds is 6. The summed E-state index contributed by atoms with van der Waals surface area (Å²) in [5.74, 6) is 0. The molecule has 0 radical (unpaired) electrons. The number of nitrogens with one attached hydrogen (secondary N) is 1. The lowest BCUT2D eigenvalue weighted by molar-refractivity contribution is 0.156. The molecule has 4 nitrogen and oxygen atoms in total. The van der Waals surface area contributed by atoms with E-state index in [0.717, 1.165) is 6.42 Å². The van der Waals surface area contributed by atoms with Gasteiger partial charge in [0.1, 0.15) is 6.61 Å². The molecule has 0 aliphatic rings. The van der Waals surface area contributed by atoms with Crippen LogP contribution in [0.5, 0.6) is 0 Å². The van der Waals surface area contributed by atoms with E-state index in [9.17, 15) is 4.79 Å². The first kappa shape index (κ1) is 12.5. The van der Waals surface area contributed by atoms with Gasteiger partial charge in [0.05, 0.1) is 0 Å². The van der Waals surface area contributed by atoms with E-state index in [1.54, 1.807) is 0 Å². The lowest BCUT2D eigenvalue weighted by Crippen LogP contribution is -2.32. The third-order valence-corrected chi connectivity index (χ3v) is 2.22. The summed E-state index contributed by atoms with van der Waals surface area (Å²) in [6.07, 6.45) is 0.231. The van der Waals surface area contributed by atoms with E-state index in [4.69, 9.17) is 5.73 Å². The highest BCUT2D eigenvalue weighted by Crippen LogP contribution is 2.02. The average molecular weight is 222 g/mol. The zero-order valence-corrected chi connectivity index (χ0v) is 9.48. The molecule has 0 spiro atoms. The second-order valence-electron chi connectivity index (χ2n) is 3.71. The third kappa shape index (κ3) is 5.36. The van der Waals surface area contributed by atoms with E-state index in [2.05, 4.69) is 29.1 Å². The van der Waals surface area contributed by atoms with Crippen molar-refractivity contribution >= 4 is 6.09 Å². The summed E-state index contributed by atoms with van der Waals surface area (Å²) >= 11 is 0. The Morgan fingerprint density at radius 2 is 2.12 bits per heavy atom. The predicted octanol–water partition coefficient (Wildman–Crippen LogP) is 1.30. The minimum Gasteiger partial charge on any atom is -0.448 e. The molecule has 0 bridgehead atoms. The molecule has 1 aromatic rings. The molecule has 4 heteroatoms. The summed E-state index contributed by atoms with van der Waals surface area (Å²) in [7, 11) is 0. The van der Waals surface area contributed by atoms with Gasteiger partial charge in [0.25, 0.3) is 0 Å². The average Bonchev–Trinajstić information content (AvgIpc) is 2.25. The number of hydrogen-bond acceptors (Lipinski definition) is 3. The fraction of sp³-hybridized carbons (Fsp3) is 0.417. The molecule has 3 N–H and O–H groups in total. The number of nitrogens with two attached hydrogens (primary N) is 1. The van der Waals surface area contributed by atoms with Gasteiger partial charge in [-0.2, -0.15) is 0 Å². The van der Waals surface area contributed by atoms with Crippen LogP contribution >= 0.6 is 0 Å². The van der Waals surface area contributed by atoms with Crippen LogP contribution in [0.4, 0.5) is 4.79 Å². The second-order valence-corrected chi connectivity index (χ2v) is 3.71. The van der Waals surface area contributed by atoms with Crippen molar-refractivity contribution in [1.82, 2.24) is 5.32 Å². The highest BCUT2D eigenvalue weighted by atomic mass is 16.5. The Labute approximate surface area is 95.8 Å². The van der Waals surface area contributed by atoms with Gasteiger partial charge >= 0.3 is 6.09 Å². The largest absolute Gasteiger partial charge is 0.448 e. The van der Waals surface area contributed by atoms with Gasteiger partial charge in [-0.3, -0.25) is 0 Å². The van der Waals surface area contributed by atoms with Gasteiger partial charge in [0.15, 0.2) is 0 Å². The molecule has 0 fully saturated rings. The third-order valence-electron chi connectivity index (χ3n) is 2.22. The first-order valence-corrected chi connectivity index (χ1v) is 5.38. The number of carbonyl (C=O) groups is 1. The maximum absolute atomic E-state index is 10.3. The fourth-order valence-electron chi connectivity index (χ4n) is 1.50. The number of primary amides is 1. The Kier molecular flexibility index (Phi) is 5.36. The smallest absolute Gasteiger partial charge is 0.404 e. The monoisotopic (exact) mass is 222 g/mol. The van der Waals surface area contributed by atoms with Crippen LogP contribution in [0.2, 0.25) is 0 Å².